The number of carbonyl (C=O) groups excluding carboxylic acids is 2. The second-order valence-corrected chi connectivity index (χ2v) is 12.5. The fraction of sp³-hybridized carbons (Fsp3) is 0.852. The van der Waals surface area contributed by atoms with Crippen LogP contribution in [0.1, 0.15) is 79.1 Å². The number of Topliss-reactive ketones (excluding diaryl/α,β-unsaturated/α-hetero) is 1. The van der Waals surface area contributed by atoms with Gasteiger partial charge in [-0.05, 0) is 78.6 Å². The Balaban J connectivity index is 1.31. The molecule has 0 N–H and O–H groups in total. The molecule has 1 spiro atoms. The highest BCUT2D eigenvalue weighted by Crippen LogP contribution is 2.70. The lowest BCUT2D eigenvalue weighted by Crippen LogP contribution is -2.54. The summed E-state index contributed by atoms with van der Waals surface area (Å²) in [6, 6.07) is 0. The van der Waals surface area contributed by atoms with Crippen LogP contribution in [0.4, 0.5) is 0 Å². The van der Waals surface area contributed by atoms with Crippen LogP contribution in [0.15, 0.2) is 11.6 Å². The third kappa shape index (κ3) is 2.61. The SMILES string of the molecule is C[C@H]1CC[C@]2(OC1)O[C@H]1C[C@H]3[C@H]4CC(=O)C5=CC(=O)CC[C@@]5(C)[C@@H]4CC[C@]3(C)[C@@H]1[C@H]2C. The van der Waals surface area contributed by atoms with Crippen LogP contribution in [0.5, 0.6) is 0 Å². The molecular formula is C27H38O4. The highest BCUT2D eigenvalue weighted by Gasteiger charge is 2.69. The summed E-state index contributed by atoms with van der Waals surface area (Å²) in [4.78, 5) is 25.3. The normalized spacial score (nSPS) is 56.0. The van der Waals surface area contributed by atoms with Gasteiger partial charge in [-0.15, -0.1) is 0 Å². The van der Waals surface area contributed by atoms with Crippen molar-refractivity contribution in [2.45, 2.75) is 91.0 Å². The molecule has 0 aromatic heterocycles. The highest BCUT2D eigenvalue weighted by molar-refractivity contribution is 6.05. The lowest BCUT2D eigenvalue weighted by atomic mass is 9.46. The molecule has 4 aliphatic carbocycles. The Kier molecular flexibility index (Phi) is 4.34. The number of carbonyl (C=O) groups is 2. The summed E-state index contributed by atoms with van der Waals surface area (Å²) in [7, 11) is 0. The number of rotatable bonds is 0. The molecular weight excluding hydrogens is 388 g/mol. The average Bonchev–Trinajstić information content (AvgIpc) is 3.17. The maximum absolute atomic E-state index is 13.2. The molecule has 0 amide bonds. The minimum Gasteiger partial charge on any atom is -0.349 e. The van der Waals surface area contributed by atoms with E-state index in [1.165, 1.54) is 19.3 Å². The first-order valence-electron chi connectivity index (χ1n) is 12.8. The summed E-state index contributed by atoms with van der Waals surface area (Å²) < 4.78 is 13.2. The molecule has 2 heterocycles. The van der Waals surface area contributed by atoms with Gasteiger partial charge in [-0.2, -0.15) is 0 Å². The van der Waals surface area contributed by atoms with Gasteiger partial charge in [0.05, 0.1) is 12.7 Å². The molecule has 4 nitrogen and oxygen atoms in total. The molecule has 170 valence electrons. The Morgan fingerprint density at radius 1 is 1.03 bits per heavy atom. The van der Waals surface area contributed by atoms with Gasteiger partial charge in [0.1, 0.15) is 0 Å². The molecule has 6 rings (SSSR count). The molecule has 0 radical (unpaired) electrons. The Hall–Kier alpha value is -1.00. The molecule has 4 heteroatoms. The first-order valence-corrected chi connectivity index (χ1v) is 12.8. The van der Waals surface area contributed by atoms with Crippen molar-refractivity contribution >= 4 is 11.6 Å². The van der Waals surface area contributed by atoms with Crippen molar-refractivity contribution in [2.75, 3.05) is 6.61 Å². The predicted octanol–water partition coefficient (Wildman–Crippen LogP) is 5.10. The lowest BCUT2D eigenvalue weighted by molar-refractivity contribution is -0.272. The largest absolute Gasteiger partial charge is 0.349 e. The third-order valence-electron chi connectivity index (χ3n) is 11.1. The molecule has 2 aliphatic heterocycles. The van der Waals surface area contributed by atoms with Crippen LogP contribution >= 0.6 is 0 Å². The Labute approximate surface area is 186 Å². The summed E-state index contributed by atoms with van der Waals surface area (Å²) in [5.41, 5.74) is 0.965. The summed E-state index contributed by atoms with van der Waals surface area (Å²) >= 11 is 0. The number of ether oxygens (including phenoxy) is 2. The lowest BCUT2D eigenvalue weighted by Gasteiger charge is -2.58. The molecule has 5 fully saturated rings. The van der Waals surface area contributed by atoms with Gasteiger partial charge in [-0.1, -0.05) is 27.7 Å². The van der Waals surface area contributed by atoms with E-state index in [0.29, 0.717) is 48.3 Å². The molecule has 3 saturated carbocycles. The van der Waals surface area contributed by atoms with Gasteiger partial charge >= 0.3 is 0 Å². The van der Waals surface area contributed by atoms with Crippen molar-refractivity contribution in [3.05, 3.63) is 11.6 Å². The Morgan fingerprint density at radius 2 is 1.84 bits per heavy atom. The van der Waals surface area contributed by atoms with Gasteiger partial charge < -0.3 is 9.47 Å². The van der Waals surface area contributed by atoms with Crippen LogP contribution in [-0.4, -0.2) is 30.1 Å². The van der Waals surface area contributed by atoms with E-state index in [0.717, 1.165) is 31.4 Å². The summed E-state index contributed by atoms with van der Waals surface area (Å²) in [5.74, 6) is 3.08. The van der Waals surface area contributed by atoms with Crippen LogP contribution in [0.3, 0.4) is 0 Å². The molecule has 0 aromatic rings. The second kappa shape index (κ2) is 6.53. The van der Waals surface area contributed by atoms with E-state index < -0.39 is 0 Å². The van der Waals surface area contributed by atoms with E-state index in [4.69, 9.17) is 9.47 Å². The summed E-state index contributed by atoms with van der Waals surface area (Å²) in [6.07, 6.45) is 9.73. The van der Waals surface area contributed by atoms with Crippen LogP contribution in [0.2, 0.25) is 0 Å². The summed E-state index contributed by atoms with van der Waals surface area (Å²) in [5, 5.41) is 0. The standard InChI is InChI=1S/C27H38O4/c1-15-5-10-27(30-14-15)16(2)24-23(31-27)13-20-18-12-22(29)21-11-17(28)6-8-25(21,3)19(18)7-9-26(20,24)4/h11,15-16,18-20,23-24H,5-10,12-14H2,1-4H3/t15-,16+,18-,19+,20-,23-,24+,25-,26-,27-/m0/s1. The van der Waals surface area contributed by atoms with Crippen molar-refractivity contribution in [3.8, 4) is 0 Å². The maximum atomic E-state index is 13.2. The van der Waals surface area contributed by atoms with E-state index in [1.54, 1.807) is 6.08 Å². The fourth-order valence-electron chi connectivity index (χ4n) is 9.40. The van der Waals surface area contributed by atoms with Gasteiger partial charge in [0.25, 0.3) is 0 Å². The summed E-state index contributed by atoms with van der Waals surface area (Å²) in [6.45, 7) is 10.2. The molecule has 10 atom stereocenters. The zero-order valence-corrected chi connectivity index (χ0v) is 19.6. The average molecular weight is 427 g/mol. The smallest absolute Gasteiger partial charge is 0.171 e. The van der Waals surface area contributed by atoms with Crippen molar-refractivity contribution in [1.82, 2.24) is 0 Å². The number of hydrogen-bond acceptors (Lipinski definition) is 4. The molecule has 0 bridgehead atoms. The highest BCUT2D eigenvalue weighted by atomic mass is 16.7. The number of allylic oxidation sites excluding steroid dienone is 1. The quantitative estimate of drug-likeness (QED) is 0.541. The third-order valence-corrected chi connectivity index (χ3v) is 11.1. The minimum atomic E-state index is -0.374. The van der Waals surface area contributed by atoms with E-state index in [1.807, 2.05) is 0 Å². The van der Waals surface area contributed by atoms with Crippen molar-refractivity contribution in [2.24, 2.45) is 46.3 Å². The van der Waals surface area contributed by atoms with Crippen LogP contribution in [-0.2, 0) is 19.1 Å². The minimum absolute atomic E-state index is 0.108. The molecule has 0 aromatic carbocycles. The fourth-order valence-corrected chi connectivity index (χ4v) is 9.40. The van der Waals surface area contributed by atoms with E-state index in [2.05, 4.69) is 27.7 Å². The van der Waals surface area contributed by atoms with Crippen molar-refractivity contribution < 1.29 is 19.1 Å². The number of fused-ring (bicyclic) bond motifs is 7. The molecule has 0 unspecified atom stereocenters. The molecule has 6 aliphatic rings. The number of ketones is 2. The van der Waals surface area contributed by atoms with E-state index in [9.17, 15) is 9.59 Å². The Morgan fingerprint density at radius 3 is 2.58 bits per heavy atom. The van der Waals surface area contributed by atoms with E-state index >= 15 is 0 Å². The van der Waals surface area contributed by atoms with Crippen LogP contribution in [0, 0.1) is 46.3 Å². The van der Waals surface area contributed by atoms with Gasteiger partial charge in [0.15, 0.2) is 17.4 Å². The van der Waals surface area contributed by atoms with Crippen molar-refractivity contribution in [1.29, 1.82) is 0 Å². The Bertz CT molecular complexity index is 851. The first-order chi connectivity index (χ1) is 14.7. The predicted molar refractivity (Wildman–Crippen MR) is 117 cm³/mol. The monoisotopic (exact) mass is 426 g/mol. The van der Waals surface area contributed by atoms with Crippen molar-refractivity contribution in [3.63, 3.8) is 0 Å². The maximum Gasteiger partial charge on any atom is 0.171 e. The zero-order chi connectivity index (χ0) is 21.8. The molecule has 2 saturated heterocycles. The topological polar surface area (TPSA) is 52.6 Å². The van der Waals surface area contributed by atoms with Gasteiger partial charge in [0, 0.05) is 30.8 Å². The first kappa shape index (κ1) is 20.6. The van der Waals surface area contributed by atoms with Gasteiger partial charge in [0.2, 0.25) is 0 Å². The van der Waals surface area contributed by atoms with Crippen LogP contribution in [0.25, 0.3) is 0 Å². The van der Waals surface area contributed by atoms with E-state index in [-0.39, 0.29) is 34.3 Å². The zero-order valence-electron chi connectivity index (χ0n) is 19.6. The second-order valence-electron chi connectivity index (χ2n) is 12.5. The van der Waals surface area contributed by atoms with Gasteiger partial charge in [-0.3, -0.25) is 9.59 Å². The van der Waals surface area contributed by atoms with Gasteiger partial charge in [-0.25, -0.2) is 0 Å². The molecule has 31 heavy (non-hydrogen) atoms. The van der Waals surface area contributed by atoms with Crippen LogP contribution < -0.4 is 0 Å². The number of hydrogen-bond donors (Lipinski definition) is 0.